The fourth-order valence-electron chi connectivity index (χ4n) is 2.73. The summed E-state index contributed by atoms with van der Waals surface area (Å²) in [5, 5.41) is 3.25. The normalized spacial score (nSPS) is 10.7. The molecule has 0 radical (unpaired) electrons. The van der Waals surface area contributed by atoms with Gasteiger partial charge in [-0.2, -0.15) is 0 Å². The minimum Gasteiger partial charge on any atom is -0.383 e. The second-order valence-corrected chi connectivity index (χ2v) is 6.83. The first-order valence-electron chi connectivity index (χ1n) is 9.35. The quantitative estimate of drug-likeness (QED) is 0.582. The molecule has 0 saturated carbocycles. The van der Waals surface area contributed by atoms with Crippen molar-refractivity contribution in [3.05, 3.63) is 50.9 Å². The third-order valence-corrected chi connectivity index (χ3v) is 4.62. The maximum absolute atomic E-state index is 13.1. The van der Waals surface area contributed by atoms with Gasteiger partial charge in [0.05, 0.1) is 0 Å². The highest BCUT2D eigenvalue weighted by molar-refractivity contribution is 7.80. The molecule has 0 fully saturated rings. The zero-order valence-electron chi connectivity index (χ0n) is 16.1. The Bertz CT molecular complexity index is 923. The number of thiocarbonyl (C=S) groups is 1. The Morgan fingerprint density at radius 3 is 2.46 bits per heavy atom. The van der Waals surface area contributed by atoms with E-state index in [1.54, 1.807) is 17.0 Å². The number of nitrogen functional groups attached to an aromatic ring is 1. The standard InChI is InChI=1S/C19H26FN5O2S/c1-3-5-11-24(19(28)22-14-9-7-13(20)8-10-14)15-16(21)25(12-6-4-2)18(27)23-17(15)26/h7-10H,3-6,11-12,21H2,1-2H3,(H,22,28)(H,23,26,27). The molecule has 0 aliphatic carbocycles. The van der Waals surface area contributed by atoms with Crippen LogP contribution in [0, 0.1) is 5.82 Å². The highest BCUT2D eigenvalue weighted by Gasteiger charge is 2.21. The Morgan fingerprint density at radius 2 is 1.86 bits per heavy atom. The molecule has 1 aromatic carbocycles. The second-order valence-electron chi connectivity index (χ2n) is 6.44. The van der Waals surface area contributed by atoms with Crippen LogP contribution >= 0.6 is 12.2 Å². The Balaban J connectivity index is 2.43. The number of nitrogens with two attached hydrogens (primary N) is 1. The van der Waals surface area contributed by atoms with Crippen molar-refractivity contribution >= 4 is 34.5 Å². The van der Waals surface area contributed by atoms with Gasteiger partial charge in [-0.15, -0.1) is 0 Å². The van der Waals surface area contributed by atoms with Gasteiger partial charge in [0.25, 0.3) is 5.56 Å². The van der Waals surface area contributed by atoms with Gasteiger partial charge in [0, 0.05) is 18.8 Å². The lowest BCUT2D eigenvalue weighted by Crippen LogP contribution is -2.43. The van der Waals surface area contributed by atoms with Crippen molar-refractivity contribution in [3.8, 4) is 0 Å². The van der Waals surface area contributed by atoms with Crippen LogP contribution in [0.1, 0.15) is 39.5 Å². The molecule has 0 aliphatic heterocycles. The summed E-state index contributed by atoms with van der Waals surface area (Å²) in [5.74, 6) is -0.274. The number of nitrogens with one attached hydrogen (secondary N) is 2. The number of hydrogen-bond acceptors (Lipinski definition) is 4. The molecule has 1 heterocycles. The van der Waals surface area contributed by atoms with Gasteiger partial charge in [-0.3, -0.25) is 14.3 Å². The highest BCUT2D eigenvalue weighted by atomic mass is 32.1. The molecule has 0 amide bonds. The minimum atomic E-state index is -0.588. The van der Waals surface area contributed by atoms with Gasteiger partial charge < -0.3 is 16.0 Å². The lowest BCUT2D eigenvalue weighted by molar-refractivity contribution is 0.604. The van der Waals surface area contributed by atoms with Crippen molar-refractivity contribution in [1.29, 1.82) is 0 Å². The zero-order chi connectivity index (χ0) is 20.7. The third kappa shape index (κ3) is 5.19. The van der Waals surface area contributed by atoms with Crippen LogP contribution < -0.4 is 27.2 Å². The fourth-order valence-corrected chi connectivity index (χ4v) is 3.03. The van der Waals surface area contributed by atoms with Crippen LogP contribution in [0.25, 0.3) is 0 Å². The maximum Gasteiger partial charge on any atom is 0.330 e. The van der Waals surface area contributed by atoms with Crippen molar-refractivity contribution in [2.24, 2.45) is 0 Å². The molecule has 2 rings (SSSR count). The highest BCUT2D eigenvalue weighted by Crippen LogP contribution is 2.20. The van der Waals surface area contributed by atoms with Gasteiger partial charge in [0.15, 0.2) is 10.8 Å². The van der Waals surface area contributed by atoms with Crippen molar-refractivity contribution in [3.63, 3.8) is 0 Å². The SMILES string of the molecule is CCCCN(C(=S)Nc1ccc(F)cc1)c1c(N)n(CCCC)c(=O)[nH]c1=O. The van der Waals surface area contributed by atoms with E-state index in [0.29, 0.717) is 18.8 Å². The number of anilines is 3. The monoisotopic (exact) mass is 407 g/mol. The molecule has 0 bridgehead atoms. The van der Waals surface area contributed by atoms with Gasteiger partial charge in [-0.1, -0.05) is 26.7 Å². The molecular weight excluding hydrogens is 381 g/mol. The number of hydrogen-bond donors (Lipinski definition) is 3. The van der Waals surface area contributed by atoms with Gasteiger partial charge in [-0.05, 0) is 49.3 Å². The van der Waals surface area contributed by atoms with Crippen molar-refractivity contribution < 1.29 is 4.39 Å². The number of benzene rings is 1. The van der Waals surface area contributed by atoms with E-state index in [9.17, 15) is 14.0 Å². The molecule has 1 aromatic heterocycles. The van der Waals surface area contributed by atoms with E-state index in [-0.39, 0.29) is 22.4 Å². The molecular formula is C19H26FN5O2S. The first-order chi connectivity index (χ1) is 13.4. The molecule has 28 heavy (non-hydrogen) atoms. The fraction of sp³-hybridized carbons (Fsp3) is 0.421. The zero-order valence-corrected chi connectivity index (χ0v) is 16.9. The third-order valence-electron chi connectivity index (χ3n) is 4.30. The molecule has 0 atom stereocenters. The Hall–Kier alpha value is -2.68. The van der Waals surface area contributed by atoms with E-state index in [4.69, 9.17) is 18.0 Å². The average Bonchev–Trinajstić information content (AvgIpc) is 2.65. The summed E-state index contributed by atoms with van der Waals surface area (Å²) in [6, 6.07) is 5.73. The molecule has 0 spiro atoms. The smallest absolute Gasteiger partial charge is 0.330 e. The Morgan fingerprint density at radius 1 is 1.21 bits per heavy atom. The van der Waals surface area contributed by atoms with Crippen LogP contribution in [-0.2, 0) is 6.54 Å². The summed E-state index contributed by atoms with van der Waals surface area (Å²) in [5.41, 5.74) is 5.82. The molecule has 152 valence electrons. The van der Waals surface area contributed by atoms with Gasteiger partial charge in [0.1, 0.15) is 11.6 Å². The molecule has 9 heteroatoms. The predicted molar refractivity (Wildman–Crippen MR) is 116 cm³/mol. The molecule has 0 saturated heterocycles. The number of nitrogens with zero attached hydrogens (tertiary/aromatic N) is 2. The summed E-state index contributed by atoms with van der Waals surface area (Å²) in [6.07, 6.45) is 3.27. The van der Waals surface area contributed by atoms with Gasteiger partial charge in [-0.25, -0.2) is 9.18 Å². The Labute approximate surface area is 168 Å². The summed E-state index contributed by atoms with van der Waals surface area (Å²) >= 11 is 5.49. The van der Waals surface area contributed by atoms with Crippen LogP contribution in [0.5, 0.6) is 0 Å². The lowest BCUT2D eigenvalue weighted by Gasteiger charge is -2.27. The number of halogens is 1. The molecule has 0 aliphatic rings. The van der Waals surface area contributed by atoms with E-state index in [1.807, 2.05) is 13.8 Å². The van der Waals surface area contributed by atoms with Crippen LogP contribution in [-0.4, -0.2) is 21.2 Å². The Kier molecular flexibility index (Phi) is 7.74. The van der Waals surface area contributed by atoms with Crippen molar-refractivity contribution in [2.45, 2.75) is 46.1 Å². The lowest BCUT2D eigenvalue weighted by atomic mass is 10.2. The minimum absolute atomic E-state index is 0.0848. The largest absolute Gasteiger partial charge is 0.383 e. The van der Waals surface area contributed by atoms with Crippen LogP contribution in [0.15, 0.2) is 33.9 Å². The summed E-state index contributed by atoms with van der Waals surface area (Å²) in [7, 11) is 0. The van der Waals surface area contributed by atoms with E-state index in [2.05, 4.69) is 10.3 Å². The molecule has 2 aromatic rings. The first-order valence-corrected chi connectivity index (χ1v) is 9.76. The van der Waals surface area contributed by atoms with Gasteiger partial charge in [0.2, 0.25) is 0 Å². The second kappa shape index (κ2) is 10.0. The number of H-pyrrole nitrogens is 1. The van der Waals surface area contributed by atoms with E-state index in [0.717, 1.165) is 25.7 Å². The predicted octanol–water partition coefficient (Wildman–Crippen LogP) is 3.06. The van der Waals surface area contributed by atoms with Crippen LogP contribution in [0.2, 0.25) is 0 Å². The average molecular weight is 408 g/mol. The van der Waals surface area contributed by atoms with Crippen molar-refractivity contribution in [1.82, 2.24) is 9.55 Å². The summed E-state index contributed by atoms with van der Waals surface area (Å²) in [4.78, 5) is 28.7. The summed E-state index contributed by atoms with van der Waals surface area (Å²) < 4.78 is 14.5. The number of aromatic nitrogens is 2. The number of unbranched alkanes of at least 4 members (excludes halogenated alkanes) is 2. The van der Waals surface area contributed by atoms with Gasteiger partial charge >= 0.3 is 5.69 Å². The van der Waals surface area contributed by atoms with E-state index < -0.39 is 11.2 Å². The molecule has 0 unspecified atom stereocenters. The first kappa shape index (κ1) is 21.6. The van der Waals surface area contributed by atoms with Crippen LogP contribution in [0.3, 0.4) is 0 Å². The van der Waals surface area contributed by atoms with Crippen LogP contribution in [0.4, 0.5) is 21.6 Å². The maximum atomic E-state index is 13.1. The number of aromatic amines is 1. The van der Waals surface area contributed by atoms with E-state index >= 15 is 0 Å². The summed E-state index contributed by atoms with van der Waals surface area (Å²) in [6.45, 7) is 4.88. The molecule has 7 nitrogen and oxygen atoms in total. The molecule has 4 N–H and O–H groups in total. The van der Waals surface area contributed by atoms with E-state index in [1.165, 1.54) is 16.7 Å². The van der Waals surface area contributed by atoms with Crippen molar-refractivity contribution in [2.75, 3.05) is 22.5 Å². The topological polar surface area (TPSA) is 96.2 Å². The number of rotatable bonds is 8.